The van der Waals surface area contributed by atoms with Crippen LogP contribution < -0.4 is 5.56 Å². The summed E-state index contributed by atoms with van der Waals surface area (Å²) in [5, 5.41) is 30.1. The van der Waals surface area contributed by atoms with Gasteiger partial charge in [-0.2, -0.15) is 5.26 Å². The van der Waals surface area contributed by atoms with E-state index in [0.717, 1.165) is 4.90 Å². The molecule has 2 N–H and O–H groups in total. The number of carbonyl (C=O) groups is 2. The number of hydrogen-bond donors (Lipinski definition) is 2. The Morgan fingerprint density at radius 2 is 1.73 bits per heavy atom. The van der Waals surface area contributed by atoms with Crippen molar-refractivity contribution in [3.8, 4) is 6.07 Å². The molecule has 2 aliphatic rings. The third kappa shape index (κ3) is 6.28. The van der Waals surface area contributed by atoms with E-state index in [2.05, 4.69) is 9.97 Å². The second kappa shape index (κ2) is 13.8. The third-order valence-corrected chi connectivity index (χ3v) is 9.76. The molecule has 1 unspecified atom stereocenters. The van der Waals surface area contributed by atoms with Gasteiger partial charge in [-0.15, -0.1) is 0 Å². The fourth-order valence-electron chi connectivity index (χ4n) is 5.55. The zero-order chi connectivity index (χ0) is 32.4. The Morgan fingerprint density at radius 3 is 2.33 bits per heavy atom. The molecule has 0 radical (unpaired) electrons. The minimum atomic E-state index is -1.79. The molecule has 240 valence electrons. The highest BCUT2D eigenvalue weighted by Crippen LogP contribution is 2.50. The fraction of sp³-hybridized carbons (Fsp3) is 0.517. The first-order chi connectivity index (χ1) is 21.6. The number of nitrogens with zero attached hydrogens (tertiary/aromatic N) is 7. The first-order valence-corrected chi connectivity index (χ1v) is 15.8. The van der Waals surface area contributed by atoms with E-state index in [0.29, 0.717) is 11.1 Å². The monoisotopic (exact) mass is 641 g/mol. The number of rotatable bonds is 13. The highest BCUT2D eigenvalue weighted by Gasteiger charge is 2.48. The molecule has 1 aromatic carbocycles. The van der Waals surface area contributed by atoms with E-state index in [4.69, 9.17) is 19.0 Å². The smallest absolute Gasteiger partial charge is 0.281 e. The van der Waals surface area contributed by atoms with Gasteiger partial charge in [0.1, 0.15) is 24.6 Å². The molecule has 5 atom stereocenters. The van der Waals surface area contributed by atoms with E-state index in [1.165, 1.54) is 21.8 Å². The van der Waals surface area contributed by atoms with Gasteiger partial charge in [-0.1, -0.05) is 12.1 Å². The predicted molar refractivity (Wildman–Crippen MR) is 161 cm³/mol. The molecular formula is C29H36N7O8P. The number of imidazole rings is 1. The van der Waals surface area contributed by atoms with Crippen molar-refractivity contribution in [2.75, 3.05) is 19.8 Å². The van der Waals surface area contributed by atoms with Crippen molar-refractivity contribution in [2.24, 2.45) is 0 Å². The molecule has 15 nitrogen and oxygen atoms in total. The topological polar surface area (TPSA) is 185 Å². The molecule has 1 fully saturated rings. The molecule has 2 aromatic heterocycles. The maximum atomic E-state index is 13.4. The summed E-state index contributed by atoms with van der Waals surface area (Å²) in [5.41, 5.74) is 0.298. The molecule has 2 aliphatic heterocycles. The van der Waals surface area contributed by atoms with Crippen LogP contribution in [-0.2, 0) is 20.3 Å². The van der Waals surface area contributed by atoms with Crippen molar-refractivity contribution < 1.29 is 33.6 Å². The highest BCUT2D eigenvalue weighted by molar-refractivity contribution is 7.44. The summed E-state index contributed by atoms with van der Waals surface area (Å²) < 4.78 is 23.2. The minimum absolute atomic E-state index is 0.000674. The number of carbonyl (C=O) groups excluding carboxylic acids is 2. The van der Waals surface area contributed by atoms with Crippen LogP contribution in [0, 0.1) is 11.3 Å². The number of amides is 2. The van der Waals surface area contributed by atoms with Crippen LogP contribution in [0.1, 0.15) is 61.1 Å². The van der Waals surface area contributed by atoms with E-state index >= 15 is 0 Å². The first kappa shape index (κ1) is 32.8. The van der Waals surface area contributed by atoms with Crippen LogP contribution >= 0.6 is 8.53 Å². The van der Waals surface area contributed by atoms with E-state index in [1.54, 1.807) is 24.3 Å². The number of aliphatic hydroxyl groups excluding tert-OH is 2. The largest absolute Gasteiger partial charge is 0.394 e. The van der Waals surface area contributed by atoms with Gasteiger partial charge in [0.15, 0.2) is 17.4 Å². The molecule has 1 saturated heterocycles. The number of ether oxygens (including phenoxy) is 1. The van der Waals surface area contributed by atoms with Crippen LogP contribution in [0.2, 0.25) is 0 Å². The van der Waals surface area contributed by atoms with Crippen LogP contribution in [0.4, 0.5) is 0 Å². The number of imide groups is 1. The lowest BCUT2D eigenvalue weighted by Crippen LogP contribution is -2.39. The number of fused-ring (bicyclic) bond motifs is 2. The molecule has 3 aromatic rings. The normalized spacial score (nSPS) is 22.3. The van der Waals surface area contributed by atoms with E-state index in [1.807, 2.05) is 38.4 Å². The lowest BCUT2D eigenvalue weighted by atomic mass is 10.1. The van der Waals surface area contributed by atoms with Gasteiger partial charge in [0.25, 0.3) is 25.9 Å². The fourth-order valence-corrected chi connectivity index (χ4v) is 7.29. The van der Waals surface area contributed by atoms with Gasteiger partial charge in [0.05, 0.1) is 43.2 Å². The molecule has 0 bridgehead atoms. The molecule has 0 saturated carbocycles. The van der Waals surface area contributed by atoms with Crippen molar-refractivity contribution >= 4 is 31.5 Å². The van der Waals surface area contributed by atoms with Gasteiger partial charge in [0.2, 0.25) is 0 Å². The molecule has 5 rings (SSSR count). The van der Waals surface area contributed by atoms with Crippen LogP contribution in [0.15, 0.2) is 41.7 Å². The predicted octanol–water partition coefficient (Wildman–Crippen LogP) is 1.80. The molecule has 45 heavy (non-hydrogen) atoms. The molecule has 0 spiro atoms. The van der Waals surface area contributed by atoms with Gasteiger partial charge in [-0.05, 0) is 39.8 Å². The van der Waals surface area contributed by atoms with E-state index in [9.17, 15) is 24.6 Å². The Bertz CT molecular complexity index is 1610. The van der Waals surface area contributed by atoms with Gasteiger partial charge in [0, 0.05) is 25.2 Å². The first-order valence-electron chi connectivity index (χ1n) is 14.7. The highest BCUT2D eigenvalue weighted by atomic mass is 31.2. The average molecular weight is 642 g/mol. The summed E-state index contributed by atoms with van der Waals surface area (Å²) in [6.07, 6.45) is -1.55. The van der Waals surface area contributed by atoms with Crippen molar-refractivity contribution in [1.29, 1.82) is 5.26 Å². The number of aliphatic hydroxyl groups is 2. The van der Waals surface area contributed by atoms with Gasteiger partial charge in [-0.3, -0.25) is 28.4 Å². The number of aromatic nitrogens is 4. The molecule has 2 amide bonds. The molecular weight excluding hydrogens is 605 g/mol. The summed E-state index contributed by atoms with van der Waals surface area (Å²) in [4.78, 5) is 48.7. The van der Waals surface area contributed by atoms with Crippen molar-refractivity contribution in [2.45, 2.75) is 77.3 Å². The average Bonchev–Trinajstić information content (AvgIpc) is 3.65. The molecule has 4 heterocycles. The van der Waals surface area contributed by atoms with Crippen LogP contribution in [0.25, 0.3) is 11.2 Å². The Balaban J connectivity index is 1.40. The Kier molecular flexibility index (Phi) is 10.0. The quantitative estimate of drug-likeness (QED) is 0.157. The standard InChI is InChI=1S/C29H36N7O8P/c1-17(2)36(18(3)4)45(42-13-7-10-30)44-24-23(38)21(14-37)43-29(24)35-16-31-22-25(35)32-15-33(28(22)41)11-12-34-26(39)19-8-5-6-9-20(19)27(34)40/h5-6,8-9,15-18,21,23-24,29,37-38H,7,11-14H2,1-4H3/t21-,23-,24-,29-,45?/m1/s1. The summed E-state index contributed by atoms with van der Waals surface area (Å²) in [6.45, 7) is 7.51. The van der Waals surface area contributed by atoms with Gasteiger partial charge >= 0.3 is 0 Å². The molecule has 0 aliphatic carbocycles. The summed E-state index contributed by atoms with van der Waals surface area (Å²) >= 11 is 0. The van der Waals surface area contributed by atoms with Crippen molar-refractivity contribution in [3.63, 3.8) is 0 Å². The van der Waals surface area contributed by atoms with Gasteiger partial charge < -0.3 is 24.0 Å². The summed E-state index contributed by atoms with van der Waals surface area (Å²) in [7, 11) is -1.79. The lowest BCUT2D eigenvalue weighted by Gasteiger charge is -2.37. The van der Waals surface area contributed by atoms with Crippen LogP contribution in [0.3, 0.4) is 0 Å². The third-order valence-electron chi connectivity index (χ3n) is 7.63. The summed E-state index contributed by atoms with van der Waals surface area (Å²) in [6, 6.07) is 8.60. The van der Waals surface area contributed by atoms with E-state index < -0.39 is 57.0 Å². The summed E-state index contributed by atoms with van der Waals surface area (Å²) in [5.74, 6) is -0.845. The van der Waals surface area contributed by atoms with Crippen molar-refractivity contribution in [1.82, 2.24) is 28.7 Å². The second-order valence-corrected chi connectivity index (χ2v) is 12.6. The Hall–Kier alpha value is -3.61. The zero-order valence-electron chi connectivity index (χ0n) is 25.4. The SMILES string of the molecule is CC(C)N(C(C)C)P(OCCC#N)O[C@@H]1[C@H](O)[C@@H](CO)O[C@H]1n1cnc2c(=O)n(CCN3C(=O)c4ccccc4C3=O)cnc21. The van der Waals surface area contributed by atoms with E-state index in [-0.39, 0.29) is 49.4 Å². The lowest BCUT2D eigenvalue weighted by molar-refractivity contribution is -0.0497. The number of hydrogen-bond acceptors (Lipinski definition) is 12. The maximum absolute atomic E-state index is 13.4. The Labute approximate surface area is 260 Å². The van der Waals surface area contributed by atoms with Crippen LogP contribution in [0.5, 0.6) is 0 Å². The number of benzene rings is 1. The Morgan fingerprint density at radius 1 is 1.07 bits per heavy atom. The van der Waals surface area contributed by atoms with Crippen LogP contribution in [-0.4, -0.2) is 101 Å². The van der Waals surface area contributed by atoms with Crippen molar-refractivity contribution in [3.05, 3.63) is 58.4 Å². The zero-order valence-corrected chi connectivity index (χ0v) is 26.3. The molecule has 16 heteroatoms. The number of nitriles is 1. The minimum Gasteiger partial charge on any atom is -0.394 e. The second-order valence-electron chi connectivity index (χ2n) is 11.2. The van der Waals surface area contributed by atoms with Gasteiger partial charge in [-0.25, -0.2) is 14.6 Å². The maximum Gasteiger partial charge on any atom is 0.281 e.